The fourth-order valence-corrected chi connectivity index (χ4v) is 2.05. The first-order valence-corrected chi connectivity index (χ1v) is 7.30. The molecule has 0 aliphatic rings. The van der Waals surface area contributed by atoms with Gasteiger partial charge in [0.25, 0.3) is 0 Å². The van der Waals surface area contributed by atoms with Crippen molar-refractivity contribution in [1.29, 1.82) is 0 Å². The summed E-state index contributed by atoms with van der Waals surface area (Å²) in [6.45, 7) is 2.26. The van der Waals surface area contributed by atoms with Gasteiger partial charge in [0.15, 0.2) is 0 Å². The first kappa shape index (κ1) is 17.1. The Morgan fingerprint density at radius 3 is 2.80 bits per heavy atom. The van der Waals surface area contributed by atoms with Crippen LogP contribution in [0.1, 0.15) is 26.2 Å². The number of aliphatic hydroxyl groups is 1. The summed E-state index contributed by atoms with van der Waals surface area (Å²) in [5.74, 6) is 0.468. The lowest BCUT2D eigenvalue weighted by molar-refractivity contribution is -0.122. The molecule has 0 saturated heterocycles. The minimum absolute atomic E-state index is 0.0425. The zero-order valence-electron chi connectivity index (χ0n) is 11.4. The van der Waals surface area contributed by atoms with Crippen LogP contribution in [0.4, 0.5) is 0 Å². The zero-order chi connectivity index (χ0) is 15.0. The van der Waals surface area contributed by atoms with E-state index in [1.54, 1.807) is 18.2 Å². The van der Waals surface area contributed by atoms with E-state index in [4.69, 9.17) is 33.0 Å². The second-order valence-corrected chi connectivity index (χ2v) is 5.23. The molecule has 0 aliphatic heterocycles. The van der Waals surface area contributed by atoms with Gasteiger partial charge in [0.2, 0.25) is 5.91 Å². The number of hydrogen-bond acceptors (Lipinski definition) is 3. The van der Waals surface area contributed by atoms with Gasteiger partial charge >= 0.3 is 0 Å². The summed E-state index contributed by atoms with van der Waals surface area (Å²) in [7, 11) is 0. The standard InChI is InChI=1S/C14H19Cl2NO3/c1-2-11(9-18)17-14(19)4-3-7-20-13-6-5-10(15)8-12(13)16/h5-6,8,11,18H,2-4,7,9H2,1H3,(H,17,19). The number of ether oxygens (including phenoxy) is 1. The zero-order valence-corrected chi connectivity index (χ0v) is 12.9. The number of benzene rings is 1. The largest absolute Gasteiger partial charge is 0.492 e. The van der Waals surface area contributed by atoms with Crippen molar-refractivity contribution in [3.8, 4) is 5.75 Å². The number of carbonyl (C=O) groups is 1. The molecule has 1 rings (SSSR count). The molecule has 4 nitrogen and oxygen atoms in total. The van der Waals surface area contributed by atoms with Crippen LogP contribution in [-0.2, 0) is 4.79 Å². The Morgan fingerprint density at radius 2 is 2.20 bits per heavy atom. The van der Waals surface area contributed by atoms with Gasteiger partial charge in [-0.25, -0.2) is 0 Å². The van der Waals surface area contributed by atoms with Crippen molar-refractivity contribution in [3.63, 3.8) is 0 Å². The maximum absolute atomic E-state index is 11.6. The van der Waals surface area contributed by atoms with Crippen LogP contribution in [0.5, 0.6) is 5.75 Å². The molecular formula is C14H19Cl2NO3. The van der Waals surface area contributed by atoms with Crippen LogP contribution in [0, 0.1) is 0 Å². The molecule has 0 heterocycles. The molecule has 0 spiro atoms. The van der Waals surface area contributed by atoms with E-state index in [2.05, 4.69) is 5.32 Å². The quantitative estimate of drug-likeness (QED) is 0.724. The van der Waals surface area contributed by atoms with E-state index in [0.717, 1.165) is 0 Å². The molecule has 1 amide bonds. The van der Waals surface area contributed by atoms with Gasteiger partial charge in [-0.1, -0.05) is 30.1 Å². The summed E-state index contributed by atoms with van der Waals surface area (Å²) in [5, 5.41) is 12.7. The lowest BCUT2D eigenvalue weighted by atomic mass is 10.2. The second-order valence-electron chi connectivity index (χ2n) is 4.38. The van der Waals surface area contributed by atoms with Gasteiger partial charge < -0.3 is 15.2 Å². The number of carbonyl (C=O) groups excluding carboxylic acids is 1. The van der Waals surface area contributed by atoms with Crippen molar-refractivity contribution in [2.75, 3.05) is 13.2 Å². The van der Waals surface area contributed by atoms with E-state index in [-0.39, 0.29) is 18.6 Å². The van der Waals surface area contributed by atoms with E-state index in [1.165, 1.54) is 0 Å². The lowest BCUT2D eigenvalue weighted by Crippen LogP contribution is -2.36. The molecular weight excluding hydrogens is 301 g/mol. The first-order valence-electron chi connectivity index (χ1n) is 6.54. The molecule has 0 aliphatic carbocycles. The summed E-state index contributed by atoms with van der Waals surface area (Å²) in [6, 6.07) is 4.83. The summed E-state index contributed by atoms with van der Waals surface area (Å²) in [4.78, 5) is 11.6. The summed E-state index contributed by atoms with van der Waals surface area (Å²) in [5.41, 5.74) is 0. The average molecular weight is 320 g/mol. The van der Waals surface area contributed by atoms with Crippen LogP contribution in [0.25, 0.3) is 0 Å². The molecule has 0 bridgehead atoms. The Bertz CT molecular complexity index is 436. The molecule has 20 heavy (non-hydrogen) atoms. The molecule has 0 saturated carbocycles. The summed E-state index contributed by atoms with van der Waals surface area (Å²) < 4.78 is 5.48. The topological polar surface area (TPSA) is 58.6 Å². The predicted octanol–water partition coefficient (Wildman–Crippen LogP) is 3.04. The Morgan fingerprint density at radius 1 is 1.45 bits per heavy atom. The molecule has 0 radical (unpaired) electrons. The van der Waals surface area contributed by atoms with Crippen LogP contribution in [0.3, 0.4) is 0 Å². The number of amides is 1. The van der Waals surface area contributed by atoms with E-state index in [9.17, 15) is 4.79 Å². The van der Waals surface area contributed by atoms with E-state index >= 15 is 0 Å². The average Bonchev–Trinajstić information content (AvgIpc) is 2.42. The molecule has 1 atom stereocenters. The van der Waals surface area contributed by atoms with Crippen molar-refractivity contribution in [2.45, 2.75) is 32.2 Å². The van der Waals surface area contributed by atoms with E-state index in [0.29, 0.717) is 41.7 Å². The smallest absolute Gasteiger partial charge is 0.220 e. The maximum atomic E-state index is 11.6. The fraction of sp³-hybridized carbons (Fsp3) is 0.500. The third kappa shape index (κ3) is 5.99. The lowest BCUT2D eigenvalue weighted by Gasteiger charge is -2.14. The third-order valence-electron chi connectivity index (χ3n) is 2.78. The molecule has 2 N–H and O–H groups in total. The Hall–Kier alpha value is -0.970. The summed E-state index contributed by atoms with van der Waals surface area (Å²) >= 11 is 11.7. The minimum atomic E-state index is -0.172. The van der Waals surface area contributed by atoms with Crippen LogP contribution in [0.15, 0.2) is 18.2 Å². The molecule has 1 unspecified atom stereocenters. The number of aliphatic hydroxyl groups excluding tert-OH is 1. The van der Waals surface area contributed by atoms with Crippen molar-refractivity contribution < 1.29 is 14.6 Å². The maximum Gasteiger partial charge on any atom is 0.220 e. The molecule has 6 heteroatoms. The van der Waals surface area contributed by atoms with Gasteiger partial charge in [0, 0.05) is 11.4 Å². The third-order valence-corrected chi connectivity index (χ3v) is 3.31. The monoisotopic (exact) mass is 319 g/mol. The summed E-state index contributed by atoms with van der Waals surface area (Å²) in [6.07, 6.45) is 1.63. The van der Waals surface area contributed by atoms with Crippen molar-refractivity contribution in [1.82, 2.24) is 5.32 Å². The number of rotatable bonds is 8. The van der Waals surface area contributed by atoms with Gasteiger partial charge in [-0.15, -0.1) is 0 Å². The Labute approximate surface area is 129 Å². The highest BCUT2D eigenvalue weighted by Gasteiger charge is 2.09. The fourth-order valence-electron chi connectivity index (χ4n) is 1.58. The van der Waals surface area contributed by atoms with Crippen molar-refractivity contribution in [2.24, 2.45) is 0 Å². The highest BCUT2D eigenvalue weighted by molar-refractivity contribution is 6.35. The Kier molecular flexibility index (Phi) is 7.73. The van der Waals surface area contributed by atoms with Gasteiger partial charge in [0.1, 0.15) is 5.75 Å². The minimum Gasteiger partial charge on any atom is -0.492 e. The highest BCUT2D eigenvalue weighted by atomic mass is 35.5. The first-order chi connectivity index (χ1) is 9.56. The van der Waals surface area contributed by atoms with E-state index in [1.807, 2.05) is 6.92 Å². The number of halogens is 2. The molecule has 0 aromatic heterocycles. The van der Waals surface area contributed by atoms with Crippen LogP contribution < -0.4 is 10.1 Å². The van der Waals surface area contributed by atoms with Gasteiger partial charge in [0.05, 0.1) is 24.3 Å². The predicted molar refractivity (Wildman–Crippen MR) is 80.5 cm³/mol. The SMILES string of the molecule is CCC(CO)NC(=O)CCCOc1ccc(Cl)cc1Cl. The highest BCUT2D eigenvalue weighted by Crippen LogP contribution is 2.27. The van der Waals surface area contributed by atoms with Crippen LogP contribution in [0.2, 0.25) is 10.0 Å². The van der Waals surface area contributed by atoms with Crippen molar-refractivity contribution in [3.05, 3.63) is 28.2 Å². The van der Waals surface area contributed by atoms with Crippen LogP contribution >= 0.6 is 23.2 Å². The van der Waals surface area contributed by atoms with E-state index < -0.39 is 0 Å². The molecule has 1 aromatic carbocycles. The molecule has 0 fully saturated rings. The second kappa shape index (κ2) is 9.06. The van der Waals surface area contributed by atoms with Gasteiger partial charge in [-0.2, -0.15) is 0 Å². The van der Waals surface area contributed by atoms with Crippen molar-refractivity contribution >= 4 is 29.1 Å². The van der Waals surface area contributed by atoms with Gasteiger partial charge in [-0.05, 0) is 31.0 Å². The number of nitrogens with one attached hydrogen (secondary N) is 1. The Balaban J connectivity index is 2.26. The molecule has 1 aromatic rings. The van der Waals surface area contributed by atoms with Crippen LogP contribution in [-0.4, -0.2) is 30.3 Å². The number of hydrogen-bond donors (Lipinski definition) is 2. The van der Waals surface area contributed by atoms with Gasteiger partial charge in [-0.3, -0.25) is 4.79 Å². The normalized spacial score (nSPS) is 12.0. The molecule has 112 valence electrons.